The third-order valence-corrected chi connectivity index (χ3v) is 5.09. The van der Waals surface area contributed by atoms with Crippen LogP contribution in [0.15, 0.2) is 30.3 Å². The van der Waals surface area contributed by atoms with Crippen molar-refractivity contribution in [1.29, 1.82) is 0 Å². The van der Waals surface area contributed by atoms with Crippen molar-refractivity contribution in [3.05, 3.63) is 35.9 Å². The Morgan fingerprint density at radius 3 is 2.22 bits per heavy atom. The van der Waals surface area contributed by atoms with Gasteiger partial charge in [-0.3, -0.25) is 4.79 Å². The van der Waals surface area contributed by atoms with E-state index in [2.05, 4.69) is 10.6 Å². The number of ether oxygens (including phenoxy) is 3. The third-order valence-electron chi connectivity index (χ3n) is 5.09. The average molecular weight is 508 g/mol. The molecule has 1 aromatic rings. The zero-order valence-corrected chi connectivity index (χ0v) is 22.2. The SMILES string of the molecule is COC(=O)[C@H](CCCCNC(=O)OCc1ccccc1)NC(=O)[C@](N)(CC(C)C)C(=O)OC(C)(C)C. The predicted octanol–water partition coefficient (Wildman–Crippen LogP) is 2.83. The number of hydrogen-bond acceptors (Lipinski definition) is 8. The summed E-state index contributed by atoms with van der Waals surface area (Å²) in [5.41, 5.74) is 4.34. The lowest BCUT2D eigenvalue weighted by atomic mass is 9.88. The molecule has 10 nitrogen and oxygen atoms in total. The molecule has 10 heteroatoms. The van der Waals surface area contributed by atoms with E-state index in [1.165, 1.54) is 7.11 Å². The molecule has 1 rings (SSSR count). The fourth-order valence-electron chi connectivity index (χ4n) is 3.40. The minimum Gasteiger partial charge on any atom is -0.467 e. The molecular formula is C26H41N3O7. The van der Waals surface area contributed by atoms with E-state index in [1.54, 1.807) is 20.8 Å². The van der Waals surface area contributed by atoms with Gasteiger partial charge in [0.1, 0.15) is 18.2 Å². The number of rotatable bonds is 13. The monoisotopic (exact) mass is 507 g/mol. The smallest absolute Gasteiger partial charge is 0.407 e. The van der Waals surface area contributed by atoms with Gasteiger partial charge in [-0.15, -0.1) is 0 Å². The van der Waals surface area contributed by atoms with Crippen LogP contribution in [-0.4, -0.2) is 54.8 Å². The van der Waals surface area contributed by atoms with Crippen molar-refractivity contribution in [1.82, 2.24) is 10.6 Å². The number of methoxy groups -OCH3 is 1. The molecule has 0 aliphatic rings. The molecule has 0 fully saturated rings. The third kappa shape index (κ3) is 11.1. The van der Waals surface area contributed by atoms with E-state index in [9.17, 15) is 19.2 Å². The largest absolute Gasteiger partial charge is 0.467 e. The van der Waals surface area contributed by atoms with Crippen molar-refractivity contribution >= 4 is 23.9 Å². The summed E-state index contributed by atoms with van der Waals surface area (Å²) in [5, 5.41) is 5.21. The van der Waals surface area contributed by atoms with E-state index < -0.39 is 41.1 Å². The molecule has 0 spiro atoms. The summed E-state index contributed by atoms with van der Waals surface area (Å²) in [6.07, 6.45) is 0.723. The van der Waals surface area contributed by atoms with Crippen molar-refractivity contribution in [3.8, 4) is 0 Å². The Kier molecular flexibility index (Phi) is 12.4. The zero-order valence-electron chi connectivity index (χ0n) is 22.2. The van der Waals surface area contributed by atoms with Gasteiger partial charge in [-0.1, -0.05) is 44.2 Å². The molecule has 0 saturated heterocycles. The highest BCUT2D eigenvalue weighted by atomic mass is 16.6. The molecule has 0 unspecified atom stereocenters. The molecule has 1 aromatic carbocycles. The number of nitrogens with two attached hydrogens (primary N) is 1. The maximum Gasteiger partial charge on any atom is 0.407 e. The molecule has 2 atom stereocenters. The van der Waals surface area contributed by atoms with E-state index in [0.29, 0.717) is 19.4 Å². The Morgan fingerprint density at radius 2 is 1.67 bits per heavy atom. The summed E-state index contributed by atoms with van der Waals surface area (Å²) in [6.45, 7) is 9.19. The number of amides is 2. The highest BCUT2D eigenvalue weighted by Gasteiger charge is 2.46. The van der Waals surface area contributed by atoms with Crippen LogP contribution in [0.2, 0.25) is 0 Å². The van der Waals surface area contributed by atoms with E-state index in [4.69, 9.17) is 19.9 Å². The highest BCUT2D eigenvalue weighted by Crippen LogP contribution is 2.21. The quantitative estimate of drug-likeness (QED) is 0.160. The van der Waals surface area contributed by atoms with Crippen molar-refractivity contribution in [3.63, 3.8) is 0 Å². The zero-order chi connectivity index (χ0) is 27.4. The van der Waals surface area contributed by atoms with Crippen LogP contribution >= 0.6 is 0 Å². The molecule has 36 heavy (non-hydrogen) atoms. The minimum absolute atomic E-state index is 0.0383. The van der Waals surface area contributed by atoms with Crippen molar-refractivity contribution in [2.75, 3.05) is 13.7 Å². The van der Waals surface area contributed by atoms with Crippen LogP contribution in [0.25, 0.3) is 0 Å². The molecule has 0 aromatic heterocycles. The number of esters is 2. The lowest BCUT2D eigenvalue weighted by Crippen LogP contribution is -2.63. The molecule has 0 bridgehead atoms. The van der Waals surface area contributed by atoms with Gasteiger partial charge in [-0.2, -0.15) is 0 Å². The lowest BCUT2D eigenvalue weighted by Gasteiger charge is -2.32. The van der Waals surface area contributed by atoms with Crippen LogP contribution in [0.1, 0.15) is 65.9 Å². The van der Waals surface area contributed by atoms with Gasteiger partial charge in [-0.25, -0.2) is 14.4 Å². The maximum absolute atomic E-state index is 13.1. The normalized spacial score (nSPS) is 13.8. The Labute approximate surface area is 213 Å². The first-order chi connectivity index (χ1) is 16.8. The number of alkyl carbamates (subject to hydrolysis) is 1. The number of hydrogen-bond donors (Lipinski definition) is 3. The van der Waals surface area contributed by atoms with Crippen molar-refractivity contribution in [2.45, 2.75) is 84.1 Å². The van der Waals surface area contributed by atoms with Gasteiger partial charge in [0.2, 0.25) is 0 Å². The van der Waals surface area contributed by atoms with Crippen molar-refractivity contribution in [2.24, 2.45) is 11.7 Å². The molecule has 4 N–H and O–H groups in total. The van der Waals surface area contributed by atoms with Gasteiger partial charge in [-0.05, 0) is 57.9 Å². The van der Waals surface area contributed by atoms with Gasteiger partial charge in [0.15, 0.2) is 5.54 Å². The first-order valence-corrected chi connectivity index (χ1v) is 12.1. The van der Waals surface area contributed by atoms with E-state index in [0.717, 1.165) is 5.56 Å². The van der Waals surface area contributed by atoms with Gasteiger partial charge in [0.05, 0.1) is 7.11 Å². The molecule has 0 aliphatic carbocycles. The standard InChI is InChI=1S/C26H41N3O7/c1-18(2)16-26(27,23(32)36-25(3,4)5)22(31)29-20(21(30)34-6)14-10-11-15-28-24(33)35-17-19-12-8-7-9-13-19/h7-9,12-13,18,20H,10-11,14-17,27H2,1-6H3,(H,28,33)(H,29,31)/t20-,26+/m0/s1. The van der Waals surface area contributed by atoms with Gasteiger partial charge in [0, 0.05) is 6.54 Å². The predicted molar refractivity (Wildman–Crippen MR) is 135 cm³/mol. The second-order valence-electron chi connectivity index (χ2n) is 10.1. The van der Waals surface area contributed by atoms with Gasteiger partial charge >= 0.3 is 18.0 Å². The highest BCUT2D eigenvalue weighted by molar-refractivity contribution is 6.08. The molecule has 2 amide bonds. The number of nitrogens with one attached hydrogen (secondary N) is 2. The first kappa shape index (κ1) is 30.9. The summed E-state index contributed by atoms with van der Waals surface area (Å²) < 4.78 is 15.4. The van der Waals surface area contributed by atoms with Crippen molar-refractivity contribution < 1.29 is 33.4 Å². The molecule has 0 saturated carbocycles. The fraction of sp³-hybridized carbons (Fsp3) is 0.615. The summed E-state index contributed by atoms with van der Waals surface area (Å²) in [5.74, 6) is -2.40. The number of carbonyl (C=O) groups excluding carboxylic acids is 4. The summed E-state index contributed by atoms with van der Waals surface area (Å²) in [4.78, 5) is 50.1. The summed E-state index contributed by atoms with van der Waals surface area (Å²) in [6, 6.07) is 8.30. The molecular weight excluding hydrogens is 466 g/mol. The van der Waals surface area contributed by atoms with Crippen LogP contribution in [-0.2, 0) is 35.2 Å². The molecule has 0 aliphatic heterocycles. The van der Waals surface area contributed by atoms with E-state index in [1.807, 2.05) is 44.2 Å². The Hall–Kier alpha value is -3.14. The van der Waals surface area contributed by atoms with Crippen LogP contribution in [0, 0.1) is 5.92 Å². The molecule has 202 valence electrons. The van der Waals surface area contributed by atoms with Crippen LogP contribution in [0.4, 0.5) is 4.79 Å². The van der Waals surface area contributed by atoms with Crippen LogP contribution in [0.3, 0.4) is 0 Å². The maximum atomic E-state index is 13.1. The Morgan fingerprint density at radius 1 is 1.03 bits per heavy atom. The van der Waals surface area contributed by atoms with Gasteiger partial charge < -0.3 is 30.6 Å². The molecule has 0 heterocycles. The Balaban J connectivity index is 2.64. The summed E-state index contributed by atoms with van der Waals surface area (Å²) in [7, 11) is 1.21. The van der Waals surface area contributed by atoms with Crippen LogP contribution < -0.4 is 16.4 Å². The topological polar surface area (TPSA) is 146 Å². The van der Waals surface area contributed by atoms with E-state index in [-0.39, 0.29) is 25.4 Å². The number of unbranched alkanes of at least 4 members (excludes halogenated alkanes) is 1. The fourth-order valence-corrected chi connectivity index (χ4v) is 3.40. The van der Waals surface area contributed by atoms with E-state index >= 15 is 0 Å². The Bertz CT molecular complexity index is 868. The second kappa shape index (κ2) is 14.4. The minimum atomic E-state index is -1.96. The van der Waals surface area contributed by atoms with Crippen LogP contribution in [0.5, 0.6) is 0 Å². The van der Waals surface area contributed by atoms with Gasteiger partial charge in [0.25, 0.3) is 5.91 Å². The average Bonchev–Trinajstić information content (AvgIpc) is 2.80. The lowest BCUT2D eigenvalue weighted by molar-refractivity contribution is -0.166. The second-order valence-corrected chi connectivity index (χ2v) is 10.1. The first-order valence-electron chi connectivity index (χ1n) is 12.1. The number of benzene rings is 1. The molecule has 0 radical (unpaired) electrons. The number of carbonyl (C=O) groups is 4. The summed E-state index contributed by atoms with van der Waals surface area (Å²) >= 11 is 0.